The summed E-state index contributed by atoms with van der Waals surface area (Å²) < 4.78 is 0. The van der Waals surface area contributed by atoms with E-state index in [0.29, 0.717) is 43.4 Å². The van der Waals surface area contributed by atoms with Crippen molar-refractivity contribution < 1.29 is 9.59 Å². The van der Waals surface area contributed by atoms with Crippen molar-refractivity contribution in [2.75, 3.05) is 30.4 Å². The number of rotatable bonds is 5. The Bertz CT molecular complexity index is 599. The van der Waals surface area contributed by atoms with Crippen LogP contribution in [0.3, 0.4) is 0 Å². The number of likely N-dealkylation sites (tertiary alicyclic amines) is 1. The second-order valence-electron chi connectivity index (χ2n) is 6.25. The molecule has 1 heterocycles. The Morgan fingerprint density at radius 3 is 2.50 bits per heavy atom. The lowest BCUT2D eigenvalue weighted by atomic mass is 9.94. The molecule has 0 aliphatic carbocycles. The largest absolute Gasteiger partial charge is 0.343 e. The minimum atomic E-state index is -0.0593. The first-order valence-electron chi connectivity index (χ1n) is 8.33. The predicted molar refractivity (Wildman–Crippen MR) is 98.9 cm³/mol. The topological polar surface area (TPSA) is 40.6 Å². The second kappa shape index (κ2) is 8.72. The number of piperidine rings is 1. The maximum Gasteiger partial charge on any atom is 0.230 e. The lowest BCUT2D eigenvalue weighted by molar-refractivity contribution is -0.133. The second-order valence-corrected chi connectivity index (χ2v) is 7.03. The molecule has 1 aliphatic heterocycles. The standard InChI is InChI=1S/C18H24Cl2N2O2/c1-13-4-5-16(12-17(13)20)22(9-3-8-19)18(24)15-6-10-21(11-7-15)14(2)23/h4-5,12,15H,3,6-11H2,1-2H3. The lowest BCUT2D eigenvalue weighted by Crippen LogP contribution is -2.44. The summed E-state index contributed by atoms with van der Waals surface area (Å²) in [5.41, 5.74) is 1.80. The summed E-state index contributed by atoms with van der Waals surface area (Å²) in [6.45, 7) is 5.37. The van der Waals surface area contributed by atoms with E-state index in [-0.39, 0.29) is 17.7 Å². The van der Waals surface area contributed by atoms with Crippen molar-refractivity contribution in [1.82, 2.24) is 4.90 Å². The number of nitrogens with zero attached hydrogens (tertiary/aromatic N) is 2. The van der Waals surface area contributed by atoms with Gasteiger partial charge in [-0.3, -0.25) is 9.59 Å². The molecule has 0 saturated carbocycles. The summed E-state index contributed by atoms with van der Waals surface area (Å²) >= 11 is 12.1. The van der Waals surface area contributed by atoms with Crippen LogP contribution >= 0.6 is 23.2 Å². The van der Waals surface area contributed by atoms with Gasteiger partial charge in [0.15, 0.2) is 0 Å². The van der Waals surface area contributed by atoms with Crippen LogP contribution in [0.1, 0.15) is 31.7 Å². The summed E-state index contributed by atoms with van der Waals surface area (Å²) in [5.74, 6) is 0.621. The summed E-state index contributed by atoms with van der Waals surface area (Å²) in [7, 11) is 0. The molecule has 1 fully saturated rings. The van der Waals surface area contributed by atoms with E-state index in [0.717, 1.165) is 17.7 Å². The number of amides is 2. The SMILES string of the molecule is CC(=O)N1CCC(C(=O)N(CCCCl)c2ccc(C)c(Cl)c2)CC1. The molecule has 0 unspecified atom stereocenters. The van der Waals surface area contributed by atoms with E-state index < -0.39 is 0 Å². The van der Waals surface area contributed by atoms with Crippen LogP contribution in [0.25, 0.3) is 0 Å². The van der Waals surface area contributed by atoms with Crippen molar-refractivity contribution in [1.29, 1.82) is 0 Å². The van der Waals surface area contributed by atoms with Gasteiger partial charge in [-0.1, -0.05) is 17.7 Å². The highest BCUT2D eigenvalue weighted by Crippen LogP contribution is 2.27. The van der Waals surface area contributed by atoms with Gasteiger partial charge in [-0.25, -0.2) is 0 Å². The quantitative estimate of drug-likeness (QED) is 0.738. The van der Waals surface area contributed by atoms with Gasteiger partial charge in [-0.05, 0) is 43.9 Å². The Morgan fingerprint density at radius 1 is 1.29 bits per heavy atom. The molecule has 2 amide bonds. The van der Waals surface area contributed by atoms with Crippen molar-refractivity contribution in [2.24, 2.45) is 5.92 Å². The van der Waals surface area contributed by atoms with Gasteiger partial charge in [0.2, 0.25) is 11.8 Å². The molecular weight excluding hydrogens is 347 g/mol. The summed E-state index contributed by atoms with van der Waals surface area (Å²) in [6.07, 6.45) is 2.13. The highest BCUT2D eigenvalue weighted by Gasteiger charge is 2.30. The first-order chi connectivity index (χ1) is 11.4. The molecule has 1 aromatic carbocycles. The van der Waals surface area contributed by atoms with Crippen molar-refractivity contribution in [3.8, 4) is 0 Å². The zero-order chi connectivity index (χ0) is 17.7. The maximum absolute atomic E-state index is 13.0. The van der Waals surface area contributed by atoms with Gasteiger partial charge in [-0.2, -0.15) is 0 Å². The molecule has 0 aromatic heterocycles. The average Bonchev–Trinajstić information content (AvgIpc) is 2.58. The Balaban J connectivity index is 2.13. The molecule has 1 aliphatic rings. The number of benzene rings is 1. The fourth-order valence-corrected chi connectivity index (χ4v) is 3.29. The molecule has 0 radical (unpaired) electrons. The lowest BCUT2D eigenvalue weighted by Gasteiger charge is -2.34. The third-order valence-corrected chi connectivity index (χ3v) is 5.21. The van der Waals surface area contributed by atoms with E-state index in [9.17, 15) is 9.59 Å². The van der Waals surface area contributed by atoms with E-state index >= 15 is 0 Å². The first-order valence-corrected chi connectivity index (χ1v) is 9.24. The average molecular weight is 371 g/mol. The fraction of sp³-hybridized carbons (Fsp3) is 0.556. The van der Waals surface area contributed by atoms with Crippen LogP contribution in [-0.2, 0) is 9.59 Å². The van der Waals surface area contributed by atoms with Gasteiger partial charge >= 0.3 is 0 Å². The summed E-state index contributed by atoms with van der Waals surface area (Å²) in [5, 5.41) is 0.655. The summed E-state index contributed by atoms with van der Waals surface area (Å²) in [6, 6.07) is 5.70. The number of hydrogen-bond acceptors (Lipinski definition) is 2. The van der Waals surface area contributed by atoms with E-state index in [1.165, 1.54) is 0 Å². The predicted octanol–water partition coefficient (Wildman–Crippen LogP) is 3.87. The highest BCUT2D eigenvalue weighted by molar-refractivity contribution is 6.31. The molecule has 0 bridgehead atoms. The number of hydrogen-bond donors (Lipinski definition) is 0. The molecule has 0 atom stereocenters. The van der Waals surface area contributed by atoms with Gasteiger partial charge in [0.05, 0.1) is 0 Å². The Labute approximate surface area is 153 Å². The van der Waals surface area contributed by atoms with Crippen LogP contribution in [0.4, 0.5) is 5.69 Å². The third kappa shape index (κ3) is 4.64. The van der Waals surface area contributed by atoms with Crippen LogP contribution in [0, 0.1) is 12.8 Å². The third-order valence-electron chi connectivity index (χ3n) is 4.54. The number of aryl methyl sites for hydroxylation is 1. The Morgan fingerprint density at radius 2 is 1.96 bits per heavy atom. The smallest absolute Gasteiger partial charge is 0.230 e. The zero-order valence-corrected chi connectivity index (χ0v) is 15.7. The Hall–Kier alpha value is -1.26. The number of carbonyl (C=O) groups is 2. The van der Waals surface area contributed by atoms with Crippen LogP contribution in [0.2, 0.25) is 5.02 Å². The molecule has 2 rings (SSSR count). The molecule has 24 heavy (non-hydrogen) atoms. The van der Waals surface area contributed by atoms with Crippen LogP contribution in [0.15, 0.2) is 18.2 Å². The van der Waals surface area contributed by atoms with E-state index in [4.69, 9.17) is 23.2 Å². The zero-order valence-electron chi connectivity index (χ0n) is 14.2. The van der Waals surface area contributed by atoms with E-state index in [1.54, 1.807) is 16.7 Å². The fourth-order valence-electron chi connectivity index (χ4n) is 3.00. The van der Waals surface area contributed by atoms with Gasteiger partial charge in [0.25, 0.3) is 0 Å². The van der Waals surface area contributed by atoms with Gasteiger partial charge < -0.3 is 9.80 Å². The van der Waals surface area contributed by atoms with Gasteiger partial charge in [0, 0.05) is 49.1 Å². The molecular formula is C18H24Cl2N2O2. The van der Waals surface area contributed by atoms with Gasteiger partial charge in [-0.15, -0.1) is 11.6 Å². The van der Waals surface area contributed by atoms with Crippen molar-refractivity contribution >= 4 is 40.7 Å². The van der Waals surface area contributed by atoms with Crippen molar-refractivity contribution in [3.63, 3.8) is 0 Å². The number of carbonyl (C=O) groups excluding carboxylic acids is 2. The highest BCUT2D eigenvalue weighted by atomic mass is 35.5. The minimum Gasteiger partial charge on any atom is -0.343 e. The number of anilines is 1. The summed E-state index contributed by atoms with van der Waals surface area (Å²) in [4.78, 5) is 28.1. The van der Waals surface area contributed by atoms with Gasteiger partial charge in [0.1, 0.15) is 0 Å². The maximum atomic E-state index is 13.0. The van der Waals surface area contributed by atoms with E-state index in [2.05, 4.69) is 0 Å². The number of alkyl halides is 1. The molecule has 132 valence electrons. The van der Waals surface area contributed by atoms with Crippen LogP contribution in [0.5, 0.6) is 0 Å². The minimum absolute atomic E-state index is 0.0593. The van der Waals surface area contributed by atoms with E-state index in [1.807, 2.05) is 25.1 Å². The molecule has 1 saturated heterocycles. The molecule has 1 aromatic rings. The molecule has 4 nitrogen and oxygen atoms in total. The normalized spacial score (nSPS) is 15.4. The molecule has 6 heteroatoms. The van der Waals surface area contributed by atoms with Crippen molar-refractivity contribution in [2.45, 2.75) is 33.1 Å². The van der Waals surface area contributed by atoms with Crippen molar-refractivity contribution in [3.05, 3.63) is 28.8 Å². The monoisotopic (exact) mass is 370 g/mol. The Kier molecular flexibility index (Phi) is 6.93. The first kappa shape index (κ1) is 19.1. The van der Waals surface area contributed by atoms with Crippen LogP contribution in [-0.4, -0.2) is 42.2 Å². The molecule has 0 spiro atoms. The molecule has 0 N–H and O–H groups in total. The van der Waals surface area contributed by atoms with Crippen LogP contribution < -0.4 is 4.90 Å². The number of halogens is 2.